The van der Waals surface area contributed by atoms with Gasteiger partial charge in [0.25, 0.3) is 0 Å². The van der Waals surface area contributed by atoms with Gasteiger partial charge in [-0.3, -0.25) is 4.68 Å². The molecule has 1 aromatic rings. The van der Waals surface area contributed by atoms with Crippen molar-refractivity contribution >= 4 is 0 Å². The first-order chi connectivity index (χ1) is 8.38. The highest BCUT2D eigenvalue weighted by Gasteiger charge is 2.44. The zero-order valence-corrected chi connectivity index (χ0v) is 11.0. The Morgan fingerprint density at radius 3 is 2.39 bits per heavy atom. The predicted molar refractivity (Wildman–Crippen MR) is 66.8 cm³/mol. The molecule has 1 aliphatic rings. The Balaban J connectivity index is 2.22. The molecule has 0 amide bonds. The lowest BCUT2D eigenvalue weighted by Crippen LogP contribution is -2.41. The maximum Gasteiger partial charge on any atom is 0.248 e. The lowest BCUT2D eigenvalue weighted by atomic mass is 9.69. The molecule has 5 heteroatoms. The van der Waals surface area contributed by atoms with Gasteiger partial charge in [0, 0.05) is 37.0 Å². The summed E-state index contributed by atoms with van der Waals surface area (Å²) in [6, 6.07) is 0.276. The van der Waals surface area contributed by atoms with Gasteiger partial charge < -0.3 is 5.73 Å². The topological polar surface area (TPSA) is 43.8 Å². The van der Waals surface area contributed by atoms with E-state index in [1.807, 2.05) is 24.7 Å². The number of hydrogen-bond donors (Lipinski definition) is 1. The van der Waals surface area contributed by atoms with Gasteiger partial charge in [0.05, 0.1) is 6.20 Å². The van der Waals surface area contributed by atoms with Gasteiger partial charge >= 0.3 is 0 Å². The average molecular weight is 257 g/mol. The molecule has 0 atom stereocenters. The fourth-order valence-electron chi connectivity index (χ4n) is 2.60. The summed E-state index contributed by atoms with van der Waals surface area (Å²) in [6.45, 7) is 4.49. The molecule has 102 valence electrons. The van der Waals surface area contributed by atoms with Crippen LogP contribution >= 0.6 is 0 Å². The van der Waals surface area contributed by atoms with Crippen LogP contribution in [0.2, 0.25) is 0 Å². The molecule has 1 heterocycles. The maximum atomic E-state index is 13.3. The SMILES string of the molecule is CC(C)n1cc(C2(CN)CCC(F)(F)CC2)cn1. The van der Waals surface area contributed by atoms with Gasteiger partial charge in [0.2, 0.25) is 5.92 Å². The van der Waals surface area contributed by atoms with Crippen LogP contribution in [-0.4, -0.2) is 22.2 Å². The summed E-state index contributed by atoms with van der Waals surface area (Å²) >= 11 is 0. The third kappa shape index (κ3) is 2.41. The van der Waals surface area contributed by atoms with E-state index in [1.54, 1.807) is 6.20 Å². The van der Waals surface area contributed by atoms with Crippen molar-refractivity contribution in [3.63, 3.8) is 0 Å². The second-order valence-corrected chi connectivity index (χ2v) is 5.64. The van der Waals surface area contributed by atoms with Crippen LogP contribution in [0.15, 0.2) is 12.4 Å². The van der Waals surface area contributed by atoms with Crippen LogP contribution in [0.5, 0.6) is 0 Å². The molecule has 0 saturated heterocycles. The van der Waals surface area contributed by atoms with Gasteiger partial charge in [-0.2, -0.15) is 5.10 Å². The van der Waals surface area contributed by atoms with Gasteiger partial charge in [0.15, 0.2) is 0 Å². The van der Waals surface area contributed by atoms with E-state index in [0.29, 0.717) is 19.4 Å². The molecule has 0 aromatic carbocycles. The van der Waals surface area contributed by atoms with Crippen molar-refractivity contribution in [3.8, 4) is 0 Å². The quantitative estimate of drug-likeness (QED) is 0.904. The lowest BCUT2D eigenvalue weighted by Gasteiger charge is -2.38. The minimum absolute atomic E-state index is 0.0724. The van der Waals surface area contributed by atoms with Crippen molar-refractivity contribution < 1.29 is 8.78 Å². The molecular formula is C13H21F2N3. The highest BCUT2D eigenvalue weighted by atomic mass is 19.3. The minimum Gasteiger partial charge on any atom is -0.330 e. The molecule has 2 rings (SSSR count). The van der Waals surface area contributed by atoms with E-state index >= 15 is 0 Å². The Kier molecular flexibility index (Phi) is 3.45. The Bertz CT molecular complexity index is 402. The van der Waals surface area contributed by atoms with Crippen LogP contribution in [0.1, 0.15) is 51.1 Å². The zero-order valence-electron chi connectivity index (χ0n) is 11.0. The normalized spacial score (nSPS) is 22.3. The number of aromatic nitrogens is 2. The number of hydrogen-bond acceptors (Lipinski definition) is 2. The predicted octanol–water partition coefficient (Wildman–Crippen LogP) is 2.87. The fraction of sp³-hybridized carbons (Fsp3) is 0.769. The van der Waals surface area contributed by atoms with E-state index in [9.17, 15) is 8.78 Å². The average Bonchev–Trinajstić information content (AvgIpc) is 2.80. The van der Waals surface area contributed by atoms with Gasteiger partial charge in [0.1, 0.15) is 0 Å². The lowest BCUT2D eigenvalue weighted by molar-refractivity contribution is -0.0509. The van der Waals surface area contributed by atoms with E-state index in [1.165, 1.54) is 0 Å². The van der Waals surface area contributed by atoms with Crippen LogP contribution in [0.3, 0.4) is 0 Å². The number of halogens is 2. The van der Waals surface area contributed by atoms with E-state index in [2.05, 4.69) is 5.10 Å². The van der Waals surface area contributed by atoms with E-state index in [4.69, 9.17) is 5.73 Å². The smallest absolute Gasteiger partial charge is 0.248 e. The molecule has 1 fully saturated rings. The number of nitrogens with two attached hydrogens (primary N) is 1. The highest BCUT2D eigenvalue weighted by molar-refractivity contribution is 5.22. The summed E-state index contributed by atoms with van der Waals surface area (Å²) in [6.07, 6.45) is 4.49. The summed E-state index contributed by atoms with van der Waals surface area (Å²) in [4.78, 5) is 0. The fourth-order valence-corrected chi connectivity index (χ4v) is 2.60. The van der Waals surface area contributed by atoms with Crippen LogP contribution in [-0.2, 0) is 5.41 Å². The molecule has 3 nitrogen and oxygen atoms in total. The maximum absolute atomic E-state index is 13.3. The van der Waals surface area contributed by atoms with Crippen LogP contribution in [0.25, 0.3) is 0 Å². The Hall–Kier alpha value is -0.970. The van der Waals surface area contributed by atoms with E-state index < -0.39 is 5.92 Å². The summed E-state index contributed by atoms with van der Waals surface area (Å²) in [7, 11) is 0. The molecule has 1 aliphatic carbocycles. The van der Waals surface area contributed by atoms with E-state index in [-0.39, 0.29) is 24.3 Å². The molecule has 2 N–H and O–H groups in total. The third-order valence-electron chi connectivity index (χ3n) is 4.07. The van der Waals surface area contributed by atoms with Crippen molar-refractivity contribution in [1.29, 1.82) is 0 Å². The second kappa shape index (κ2) is 4.61. The summed E-state index contributed by atoms with van der Waals surface area (Å²) in [5.74, 6) is -2.52. The third-order valence-corrected chi connectivity index (χ3v) is 4.07. The molecule has 0 bridgehead atoms. The summed E-state index contributed by atoms with van der Waals surface area (Å²) in [5.41, 5.74) is 6.56. The summed E-state index contributed by atoms with van der Waals surface area (Å²) in [5, 5.41) is 4.29. The standard InChI is InChI=1S/C13H21F2N3/c1-10(2)18-8-11(7-17-18)12(9-16)3-5-13(14,15)6-4-12/h7-8,10H,3-6,9,16H2,1-2H3. The minimum atomic E-state index is -2.52. The number of alkyl halides is 2. The van der Waals surface area contributed by atoms with Crippen molar-refractivity contribution in [2.75, 3.05) is 6.54 Å². The molecule has 0 unspecified atom stereocenters. The zero-order chi connectivity index (χ0) is 13.4. The van der Waals surface area contributed by atoms with Crippen molar-refractivity contribution in [1.82, 2.24) is 9.78 Å². The monoisotopic (exact) mass is 257 g/mol. The molecule has 1 aromatic heterocycles. The van der Waals surface area contributed by atoms with Crippen molar-refractivity contribution in [3.05, 3.63) is 18.0 Å². The molecule has 0 aliphatic heterocycles. The van der Waals surface area contributed by atoms with Crippen LogP contribution < -0.4 is 5.73 Å². The first-order valence-electron chi connectivity index (χ1n) is 6.51. The Labute approximate surface area is 106 Å². The van der Waals surface area contributed by atoms with E-state index in [0.717, 1.165) is 5.56 Å². The largest absolute Gasteiger partial charge is 0.330 e. The van der Waals surface area contributed by atoms with Gasteiger partial charge in [-0.1, -0.05) is 0 Å². The Morgan fingerprint density at radius 1 is 1.33 bits per heavy atom. The molecule has 0 spiro atoms. The first kappa shape index (κ1) is 13.5. The first-order valence-corrected chi connectivity index (χ1v) is 6.51. The van der Waals surface area contributed by atoms with Gasteiger partial charge in [-0.05, 0) is 32.3 Å². The Morgan fingerprint density at radius 2 is 1.94 bits per heavy atom. The van der Waals surface area contributed by atoms with Gasteiger partial charge in [-0.15, -0.1) is 0 Å². The van der Waals surface area contributed by atoms with Crippen LogP contribution in [0.4, 0.5) is 8.78 Å². The molecule has 0 radical (unpaired) electrons. The summed E-state index contributed by atoms with van der Waals surface area (Å²) < 4.78 is 28.4. The molecular weight excluding hydrogens is 236 g/mol. The highest BCUT2D eigenvalue weighted by Crippen LogP contribution is 2.44. The van der Waals surface area contributed by atoms with Crippen molar-refractivity contribution in [2.24, 2.45) is 5.73 Å². The number of rotatable bonds is 3. The molecule has 18 heavy (non-hydrogen) atoms. The van der Waals surface area contributed by atoms with Crippen LogP contribution in [0, 0.1) is 0 Å². The van der Waals surface area contributed by atoms with Crippen molar-refractivity contribution in [2.45, 2.75) is 56.9 Å². The van der Waals surface area contributed by atoms with Gasteiger partial charge in [-0.25, -0.2) is 8.78 Å². The molecule has 1 saturated carbocycles. The number of nitrogens with zero attached hydrogens (tertiary/aromatic N) is 2. The second-order valence-electron chi connectivity index (χ2n) is 5.64.